The van der Waals surface area contributed by atoms with Crippen molar-refractivity contribution in [3.8, 4) is 0 Å². The van der Waals surface area contributed by atoms with E-state index in [0.29, 0.717) is 42.8 Å². The zero-order valence-corrected chi connectivity index (χ0v) is 22.7. The maximum absolute atomic E-state index is 14.4. The van der Waals surface area contributed by atoms with Crippen molar-refractivity contribution in [1.82, 2.24) is 4.90 Å². The largest absolute Gasteiger partial charge is 0.465 e. The van der Waals surface area contributed by atoms with Crippen LogP contribution in [0.15, 0.2) is 49.6 Å². The number of amides is 2. The fourth-order valence-corrected chi connectivity index (χ4v) is 6.67. The van der Waals surface area contributed by atoms with Crippen LogP contribution in [0.25, 0.3) is 0 Å². The number of fused-ring (bicyclic) bond motifs is 1. The predicted octanol–water partition coefficient (Wildman–Crippen LogP) is 3.91. The summed E-state index contributed by atoms with van der Waals surface area (Å²) in [5.74, 6) is -2.68. The van der Waals surface area contributed by atoms with E-state index in [4.69, 9.17) is 21.1 Å². The molecule has 1 N–H and O–H groups in total. The first-order valence-electron chi connectivity index (χ1n) is 13.4. The van der Waals surface area contributed by atoms with Crippen LogP contribution >= 0.6 is 11.6 Å². The summed E-state index contributed by atoms with van der Waals surface area (Å²) < 4.78 is 12.4. The van der Waals surface area contributed by atoms with Gasteiger partial charge in [-0.2, -0.15) is 0 Å². The van der Waals surface area contributed by atoms with Crippen molar-refractivity contribution >= 4 is 35.1 Å². The Labute approximate surface area is 229 Å². The third kappa shape index (κ3) is 4.67. The van der Waals surface area contributed by atoms with Crippen molar-refractivity contribution in [1.29, 1.82) is 0 Å². The number of hydrogen-bond donors (Lipinski definition) is 1. The summed E-state index contributed by atoms with van der Waals surface area (Å²) in [4.78, 5) is 45.0. The zero-order valence-electron chi connectivity index (χ0n) is 21.9. The average Bonchev–Trinajstić information content (AvgIpc) is 3.52. The van der Waals surface area contributed by atoms with Crippen LogP contribution in [0.4, 0.5) is 5.69 Å². The molecule has 206 valence electrons. The molecule has 3 aliphatic rings. The molecule has 0 aliphatic carbocycles. The Balaban J connectivity index is 1.74. The van der Waals surface area contributed by atoms with Crippen LogP contribution in [0, 0.1) is 11.8 Å². The highest BCUT2D eigenvalue weighted by Crippen LogP contribution is 2.64. The fraction of sp³-hybridized carbons (Fsp3) is 0.552. The summed E-state index contributed by atoms with van der Waals surface area (Å²) in [5, 5.41) is 10.1. The van der Waals surface area contributed by atoms with E-state index in [1.54, 1.807) is 41.3 Å². The highest BCUT2D eigenvalue weighted by atomic mass is 35.5. The van der Waals surface area contributed by atoms with Gasteiger partial charge in [-0.15, -0.1) is 13.2 Å². The summed E-state index contributed by atoms with van der Waals surface area (Å²) in [6, 6.07) is 5.95. The topological polar surface area (TPSA) is 96.4 Å². The van der Waals surface area contributed by atoms with Crippen LogP contribution in [0.1, 0.15) is 45.4 Å². The van der Waals surface area contributed by atoms with Crippen molar-refractivity contribution in [2.24, 2.45) is 11.8 Å². The minimum atomic E-state index is -1.16. The minimum Gasteiger partial charge on any atom is -0.465 e. The van der Waals surface area contributed by atoms with E-state index in [1.807, 2.05) is 6.92 Å². The molecule has 2 bridgehead atoms. The van der Waals surface area contributed by atoms with Gasteiger partial charge in [0.25, 0.3) is 5.91 Å². The number of likely N-dealkylation sites (tertiary alicyclic amines) is 1. The molecule has 1 spiro atoms. The predicted molar refractivity (Wildman–Crippen MR) is 145 cm³/mol. The second-order valence-corrected chi connectivity index (χ2v) is 10.7. The van der Waals surface area contributed by atoms with Crippen LogP contribution in [0.2, 0.25) is 5.02 Å². The molecule has 9 heteroatoms. The SMILES string of the molecule is C=CCCCOC(=O)[C@@H]1[C@H]2C(=O)N(CCCO)C(C(=O)N(CC=C)c3ccc(Cl)cc3)C23CC[C@@]1(CC)O3. The van der Waals surface area contributed by atoms with Crippen LogP contribution in [0.3, 0.4) is 0 Å². The quantitative estimate of drug-likeness (QED) is 0.230. The smallest absolute Gasteiger partial charge is 0.312 e. The summed E-state index contributed by atoms with van der Waals surface area (Å²) in [6.45, 7) is 9.95. The molecule has 8 nitrogen and oxygen atoms in total. The highest BCUT2D eigenvalue weighted by molar-refractivity contribution is 6.30. The number of anilines is 1. The Kier molecular flexibility index (Phi) is 8.65. The summed E-state index contributed by atoms with van der Waals surface area (Å²) in [7, 11) is 0. The third-order valence-electron chi connectivity index (χ3n) is 8.24. The molecule has 2 amide bonds. The molecule has 0 saturated carbocycles. The Hall–Kier alpha value is -2.68. The number of nitrogens with zero attached hydrogens (tertiary/aromatic N) is 2. The van der Waals surface area contributed by atoms with Crippen LogP contribution in [0.5, 0.6) is 0 Å². The van der Waals surface area contributed by atoms with Gasteiger partial charge in [-0.3, -0.25) is 14.4 Å². The first-order valence-corrected chi connectivity index (χ1v) is 13.7. The van der Waals surface area contributed by atoms with Crippen molar-refractivity contribution in [3.05, 3.63) is 54.6 Å². The Morgan fingerprint density at radius 3 is 2.61 bits per heavy atom. The molecule has 38 heavy (non-hydrogen) atoms. The number of carbonyl (C=O) groups is 3. The van der Waals surface area contributed by atoms with Gasteiger partial charge in [0.15, 0.2) is 0 Å². The molecule has 5 atom stereocenters. The number of carbonyl (C=O) groups excluding carboxylic acids is 3. The van der Waals surface area contributed by atoms with Gasteiger partial charge in [0, 0.05) is 30.4 Å². The second kappa shape index (κ2) is 11.6. The monoisotopic (exact) mass is 544 g/mol. The van der Waals surface area contributed by atoms with E-state index in [2.05, 4.69) is 13.2 Å². The number of unbranched alkanes of at least 4 members (excludes halogenated alkanes) is 1. The van der Waals surface area contributed by atoms with Crippen molar-refractivity contribution in [2.45, 2.75) is 62.7 Å². The normalized spacial score (nSPS) is 29.3. The lowest BCUT2D eigenvalue weighted by Gasteiger charge is -2.36. The lowest BCUT2D eigenvalue weighted by atomic mass is 9.65. The third-order valence-corrected chi connectivity index (χ3v) is 8.49. The Morgan fingerprint density at radius 2 is 1.97 bits per heavy atom. The number of benzene rings is 1. The molecule has 3 heterocycles. The molecule has 0 radical (unpaired) electrons. The lowest BCUT2D eigenvalue weighted by molar-refractivity contribution is -0.161. The standard InChI is InChI=1S/C29H37ClN2O6/c1-4-7-8-19-37-27(36)23-22-25(34)32(17-9-18-33)24(29(22)15-14-28(23,6-3)38-29)26(35)31(16-5-2)21-12-10-20(30)11-13-21/h4-5,10-13,22-24,33H,1-2,6-9,14-19H2,3H3/t22-,23-,24?,28+,29?/m0/s1. The van der Waals surface area contributed by atoms with Gasteiger partial charge in [-0.05, 0) is 62.8 Å². The summed E-state index contributed by atoms with van der Waals surface area (Å²) >= 11 is 6.08. The summed E-state index contributed by atoms with van der Waals surface area (Å²) in [6.07, 6.45) is 6.61. The van der Waals surface area contributed by atoms with E-state index in [0.717, 1.165) is 6.42 Å². The number of aliphatic hydroxyl groups is 1. The zero-order chi connectivity index (χ0) is 27.5. The lowest BCUT2D eigenvalue weighted by Crippen LogP contribution is -2.56. The summed E-state index contributed by atoms with van der Waals surface area (Å²) in [5.41, 5.74) is -1.40. The van der Waals surface area contributed by atoms with E-state index in [1.165, 1.54) is 4.90 Å². The Morgan fingerprint density at radius 1 is 1.24 bits per heavy atom. The van der Waals surface area contributed by atoms with Gasteiger partial charge >= 0.3 is 5.97 Å². The number of ether oxygens (including phenoxy) is 2. The number of hydrogen-bond acceptors (Lipinski definition) is 6. The number of aliphatic hydroxyl groups excluding tert-OH is 1. The molecule has 4 rings (SSSR count). The van der Waals surface area contributed by atoms with E-state index in [-0.39, 0.29) is 38.1 Å². The fourth-order valence-electron chi connectivity index (χ4n) is 6.55. The van der Waals surface area contributed by atoms with Crippen molar-refractivity contribution in [2.75, 3.05) is 31.2 Å². The minimum absolute atomic E-state index is 0.134. The molecule has 1 aromatic carbocycles. The van der Waals surface area contributed by atoms with Crippen molar-refractivity contribution < 1.29 is 29.0 Å². The van der Waals surface area contributed by atoms with Crippen LogP contribution in [-0.2, 0) is 23.9 Å². The molecule has 3 saturated heterocycles. The average molecular weight is 545 g/mol. The first-order chi connectivity index (χ1) is 18.3. The molecular formula is C29H37ClN2O6. The maximum Gasteiger partial charge on any atom is 0.312 e. The van der Waals surface area contributed by atoms with E-state index in [9.17, 15) is 19.5 Å². The van der Waals surface area contributed by atoms with Gasteiger partial charge < -0.3 is 24.4 Å². The number of halogens is 1. The maximum atomic E-state index is 14.4. The number of allylic oxidation sites excluding steroid dienone is 1. The van der Waals surface area contributed by atoms with Crippen LogP contribution in [-0.4, -0.2) is 71.3 Å². The number of rotatable bonds is 13. The molecule has 3 fully saturated rings. The van der Waals surface area contributed by atoms with E-state index < -0.39 is 35.0 Å². The highest BCUT2D eigenvalue weighted by Gasteiger charge is 2.79. The van der Waals surface area contributed by atoms with Gasteiger partial charge in [-0.25, -0.2) is 0 Å². The van der Waals surface area contributed by atoms with E-state index >= 15 is 0 Å². The first kappa shape index (κ1) is 28.3. The molecule has 2 unspecified atom stereocenters. The molecule has 3 aliphatic heterocycles. The molecule has 0 aromatic heterocycles. The molecular weight excluding hydrogens is 508 g/mol. The van der Waals surface area contributed by atoms with Gasteiger partial charge in [0.05, 0.1) is 18.1 Å². The number of esters is 1. The Bertz CT molecular complexity index is 1080. The van der Waals surface area contributed by atoms with Gasteiger partial charge in [-0.1, -0.05) is 30.7 Å². The van der Waals surface area contributed by atoms with Crippen LogP contribution < -0.4 is 4.90 Å². The molecule has 1 aromatic rings. The van der Waals surface area contributed by atoms with Crippen molar-refractivity contribution in [3.63, 3.8) is 0 Å². The van der Waals surface area contributed by atoms with Gasteiger partial charge in [0.2, 0.25) is 5.91 Å². The second-order valence-electron chi connectivity index (χ2n) is 10.3. The van der Waals surface area contributed by atoms with Gasteiger partial charge in [0.1, 0.15) is 17.6 Å².